The second kappa shape index (κ2) is 14.7. The Labute approximate surface area is 298 Å². The van der Waals surface area contributed by atoms with Crippen LogP contribution in [-0.4, -0.2) is 48.7 Å². The summed E-state index contributed by atoms with van der Waals surface area (Å²) in [5, 5.41) is 86.9. The Hall–Kier alpha value is -7.20. The van der Waals surface area contributed by atoms with Gasteiger partial charge >= 0.3 is 0 Å². The SMILES string of the molecule is BC(/C(=C/O)c1ccccccc(-c2ccc3oc4c5ccccc5ccc4c3c2)c2ccccc12)=C(O)\C(=C\O)C(=C/O)\C(O)=C(O)/C(O)=C/O. The maximum Gasteiger partial charge on any atom is 0.204 e. The Kier molecular flexibility index (Phi) is 9.82. The van der Waals surface area contributed by atoms with E-state index in [0.717, 1.165) is 55.5 Å². The normalized spacial score (nSPS) is 14.0. The highest BCUT2D eigenvalue weighted by Crippen LogP contribution is 2.39. The van der Waals surface area contributed by atoms with E-state index >= 15 is 0 Å². The highest BCUT2D eigenvalue weighted by atomic mass is 16.3. The Morgan fingerprint density at radius 1 is 0.519 bits per heavy atom. The lowest BCUT2D eigenvalue weighted by Crippen LogP contribution is -2.06. The van der Waals surface area contributed by atoms with Gasteiger partial charge in [-0.3, -0.25) is 0 Å². The number of hydrogen-bond donors (Lipinski definition) is 8. The van der Waals surface area contributed by atoms with E-state index in [1.165, 1.54) is 7.85 Å². The molecule has 0 radical (unpaired) electrons. The maximum atomic E-state index is 11.4. The second-order valence-electron chi connectivity index (χ2n) is 11.8. The van der Waals surface area contributed by atoms with Crippen molar-refractivity contribution in [3.8, 4) is 11.1 Å². The predicted octanol–water partition coefficient (Wildman–Crippen LogP) is 10.2. The lowest BCUT2D eigenvalue weighted by atomic mass is 9.80. The van der Waals surface area contributed by atoms with Gasteiger partial charge in [0.2, 0.25) is 5.76 Å². The standard InChI is InChI=1S/C42H33BO9/c43-38(39(49)34(21-45)35(22-46)40(50)41(51)36(48)23-47)33(20-44)30-12-4-2-1-3-10-26(28-13-7-8-14-29(28)30)25-16-18-37-32(19-25)31-17-15-24-9-5-6-11-27(24)42(31)52-37/h1-23,44-51H,43H2/b2-1?,3-1?,4-2?,10-3?,12-4?,26-10?,28-26?,30-12?,30-29?,33-20+,34-21+,35-22+,36-23-,39-38+,41-40-. The summed E-state index contributed by atoms with van der Waals surface area (Å²) in [5.74, 6) is -4.29. The molecule has 0 fully saturated rings. The molecule has 0 unspecified atom stereocenters. The molecule has 0 saturated heterocycles. The van der Waals surface area contributed by atoms with Crippen molar-refractivity contribution >= 4 is 56.9 Å². The fourth-order valence-corrected chi connectivity index (χ4v) is 6.25. The summed E-state index contributed by atoms with van der Waals surface area (Å²) in [4.78, 5) is 0. The third-order valence-corrected chi connectivity index (χ3v) is 8.87. The van der Waals surface area contributed by atoms with Crippen molar-refractivity contribution in [1.82, 2.24) is 0 Å². The number of fused-ring (bicyclic) bond motifs is 6. The van der Waals surface area contributed by atoms with Gasteiger partial charge in [-0.1, -0.05) is 97.1 Å². The van der Waals surface area contributed by atoms with Gasteiger partial charge in [-0.15, -0.1) is 0 Å². The molecule has 52 heavy (non-hydrogen) atoms. The van der Waals surface area contributed by atoms with Crippen LogP contribution in [0.4, 0.5) is 0 Å². The van der Waals surface area contributed by atoms with Crippen molar-refractivity contribution in [2.45, 2.75) is 0 Å². The maximum absolute atomic E-state index is 11.4. The monoisotopic (exact) mass is 692 g/mol. The molecule has 0 aliphatic rings. The Bertz CT molecular complexity index is 2620. The highest BCUT2D eigenvalue weighted by Gasteiger charge is 2.24. The number of aliphatic hydroxyl groups excluding tert-OH is 8. The lowest BCUT2D eigenvalue weighted by molar-refractivity contribution is 0.273. The van der Waals surface area contributed by atoms with Gasteiger partial charge in [0.25, 0.3) is 0 Å². The van der Waals surface area contributed by atoms with E-state index in [1.807, 2.05) is 78.9 Å². The highest BCUT2D eigenvalue weighted by molar-refractivity contribution is 6.31. The zero-order chi connectivity index (χ0) is 36.9. The van der Waals surface area contributed by atoms with Gasteiger partial charge < -0.3 is 45.3 Å². The molecule has 258 valence electrons. The fraction of sp³-hybridized carbons (Fsp3) is 0. The van der Waals surface area contributed by atoms with Crippen molar-refractivity contribution in [3.05, 3.63) is 186 Å². The van der Waals surface area contributed by atoms with E-state index in [2.05, 4.69) is 18.2 Å². The third-order valence-electron chi connectivity index (χ3n) is 8.87. The number of hydrogen-bond acceptors (Lipinski definition) is 9. The molecule has 1 aromatic heterocycles. The van der Waals surface area contributed by atoms with E-state index < -0.39 is 34.2 Å². The van der Waals surface area contributed by atoms with Crippen LogP contribution in [0.3, 0.4) is 0 Å². The van der Waals surface area contributed by atoms with Crippen LogP contribution in [0.1, 0.15) is 5.56 Å². The van der Waals surface area contributed by atoms with Crippen molar-refractivity contribution < 1.29 is 45.3 Å². The van der Waals surface area contributed by atoms with Crippen molar-refractivity contribution in [3.63, 3.8) is 0 Å². The molecule has 0 amide bonds. The summed E-state index contributed by atoms with van der Waals surface area (Å²) in [6, 6.07) is 36.8. The molecule has 10 heteroatoms. The largest absolute Gasteiger partial charge is 0.515 e. The molecule has 8 N–H and O–H groups in total. The second-order valence-corrected chi connectivity index (χ2v) is 11.8. The minimum Gasteiger partial charge on any atom is -0.515 e. The van der Waals surface area contributed by atoms with Crippen molar-refractivity contribution in [2.75, 3.05) is 0 Å². The van der Waals surface area contributed by atoms with Crippen LogP contribution in [0.2, 0.25) is 0 Å². The fourth-order valence-electron chi connectivity index (χ4n) is 6.25. The number of allylic oxidation sites excluding steroid dienone is 4. The van der Waals surface area contributed by atoms with Gasteiger partial charge in [0.15, 0.2) is 11.5 Å². The molecule has 1 heterocycles. The van der Waals surface area contributed by atoms with E-state index in [4.69, 9.17) is 9.52 Å². The first-order valence-corrected chi connectivity index (χ1v) is 16.0. The van der Waals surface area contributed by atoms with Crippen LogP contribution >= 0.6 is 0 Å². The van der Waals surface area contributed by atoms with Gasteiger partial charge in [0.1, 0.15) is 31.0 Å². The van der Waals surface area contributed by atoms with Crippen molar-refractivity contribution in [1.29, 1.82) is 0 Å². The van der Waals surface area contributed by atoms with Gasteiger partial charge in [-0.05, 0) is 56.5 Å². The van der Waals surface area contributed by atoms with Crippen LogP contribution < -0.4 is 0 Å². The van der Waals surface area contributed by atoms with E-state index in [9.17, 15) is 35.7 Å². The first-order valence-electron chi connectivity index (χ1n) is 16.0. The molecule has 0 spiro atoms. The quantitative estimate of drug-likeness (QED) is 0.0460. The predicted molar refractivity (Wildman–Crippen MR) is 208 cm³/mol. The molecular weight excluding hydrogens is 659 g/mol. The third kappa shape index (κ3) is 6.20. The Morgan fingerprint density at radius 3 is 1.85 bits per heavy atom. The van der Waals surface area contributed by atoms with Gasteiger partial charge in [-0.2, -0.15) is 0 Å². The average molecular weight is 693 g/mol. The van der Waals surface area contributed by atoms with Gasteiger partial charge in [0, 0.05) is 21.7 Å². The zero-order valence-electron chi connectivity index (χ0n) is 27.8. The van der Waals surface area contributed by atoms with Crippen molar-refractivity contribution in [2.24, 2.45) is 0 Å². The van der Waals surface area contributed by atoms with Gasteiger partial charge in [0.05, 0.1) is 29.9 Å². The van der Waals surface area contributed by atoms with Crippen LogP contribution in [0, 0.1) is 0 Å². The van der Waals surface area contributed by atoms with Crippen LogP contribution in [-0.2, 0) is 0 Å². The summed E-state index contributed by atoms with van der Waals surface area (Å²) in [5.41, 5.74) is 2.52. The van der Waals surface area contributed by atoms with Crippen LogP contribution in [0.15, 0.2) is 184 Å². The minimum atomic E-state index is -1.25. The van der Waals surface area contributed by atoms with E-state index in [1.54, 1.807) is 18.2 Å². The number of furan rings is 1. The van der Waals surface area contributed by atoms with Crippen LogP contribution in [0.25, 0.3) is 60.2 Å². The summed E-state index contributed by atoms with van der Waals surface area (Å²) in [6.45, 7) is 0. The lowest BCUT2D eigenvalue weighted by Gasteiger charge is -2.16. The molecule has 0 saturated carbocycles. The summed E-state index contributed by atoms with van der Waals surface area (Å²) < 4.78 is 6.35. The first-order chi connectivity index (χ1) is 25.2. The smallest absolute Gasteiger partial charge is 0.204 e. The van der Waals surface area contributed by atoms with E-state index in [0.29, 0.717) is 17.2 Å². The number of rotatable bonds is 7. The molecule has 6 rings (SSSR count). The Morgan fingerprint density at radius 2 is 1.15 bits per heavy atom. The summed E-state index contributed by atoms with van der Waals surface area (Å²) in [7, 11) is 1.44. The molecule has 6 aromatic rings. The molecule has 0 aliphatic heterocycles. The first kappa shape index (κ1) is 34.7. The zero-order valence-corrected chi connectivity index (χ0v) is 27.8. The van der Waals surface area contributed by atoms with Crippen LogP contribution in [0.5, 0.6) is 0 Å². The number of aliphatic hydroxyl groups is 8. The molecule has 0 bridgehead atoms. The van der Waals surface area contributed by atoms with E-state index in [-0.39, 0.29) is 23.6 Å². The molecule has 0 aliphatic carbocycles. The van der Waals surface area contributed by atoms with Gasteiger partial charge in [-0.25, -0.2) is 0 Å². The molecule has 5 aromatic carbocycles. The molecular formula is C42H33BO9. The molecule has 9 nitrogen and oxygen atoms in total. The number of benzene rings is 4. The molecule has 0 atom stereocenters. The summed E-state index contributed by atoms with van der Waals surface area (Å²) in [6.07, 6.45) is 1.52. The average Bonchev–Trinajstić information content (AvgIpc) is 3.56. The topological polar surface area (TPSA) is 175 Å². The summed E-state index contributed by atoms with van der Waals surface area (Å²) >= 11 is 0. The Balaban J connectivity index is 1.57. The minimum absolute atomic E-state index is 0.0116.